The predicted molar refractivity (Wildman–Crippen MR) is 124 cm³/mol. The summed E-state index contributed by atoms with van der Waals surface area (Å²) in [6.45, 7) is 0.310. The Bertz CT molecular complexity index is 1270. The van der Waals surface area contributed by atoms with Crippen LogP contribution in [0, 0.1) is 5.92 Å². The molecule has 7 nitrogen and oxygen atoms in total. The van der Waals surface area contributed by atoms with Crippen LogP contribution in [0.3, 0.4) is 0 Å². The molecule has 4 rings (SSSR count). The molecule has 34 heavy (non-hydrogen) atoms. The minimum absolute atomic E-state index is 0.0688. The van der Waals surface area contributed by atoms with E-state index in [1.54, 1.807) is 24.3 Å². The molecule has 11 heteroatoms. The highest BCUT2D eigenvalue weighted by Gasteiger charge is 2.31. The van der Waals surface area contributed by atoms with Crippen LogP contribution in [-0.2, 0) is 16.2 Å². The third kappa shape index (κ3) is 5.20. The van der Waals surface area contributed by atoms with Gasteiger partial charge in [-0.15, -0.1) is 0 Å². The Hall–Kier alpha value is -3.05. The van der Waals surface area contributed by atoms with Gasteiger partial charge in [-0.1, -0.05) is 18.2 Å². The molecule has 1 heterocycles. The van der Waals surface area contributed by atoms with Gasteiger partial charge < -0.3 is 11.5 Å². The molecule has 0 amide bonds. The van der Waals surface area contributed by atoms with Gasteiger partial charge in [0, 0.05) is 18.5 Å². The lowest BCUT2D eigenvalue weighted by Gasteiger charge is -2.27. The van der Waals surface area contributed by atoms with Crippen molar-refractivity contribution in [1.29, 1.82) is 0 Å². The molecule has 1 aliphatic rings. The summed E-state index contributed by atoms with van der Waals surface area (Å²) in [5, 5.41) is 4.49. The molecule has 1 saturated carbocycles. The lowest BCUT2D eigenvalue weighted by molar-refractivity contribution is -0.137. The second-order valence-electron chi connectivity index (χ2n) is 8.56. The zero-order valence-corrected chi connectivity index (χ0v) is 19.1. The minimum Gasteiger partial charge on any atom is -0.398 e. The Morgan fingerprint density at radius 2 is 1.71 bits per heavy atom. The molecule has 0 bridgehead atoms. The van der Waals surface area contributed by atoms with E-state index in [0.717, 1.165) is 43.5 Å². The second kappa shape index (κ2) is 9.30. The van der Waals surface area contributed by atoms with Crippen LogP contribution in [0.2, 0.25) is 0 Å². The predicted octanol–water partition coefficient (Wildman–Crippen LogP) is 4.31. The topological polar surface area (TPSA) is 116 Å². The standard InChI is InChI=1S/C23H26F3N5O2S/c24-23(25,26)17-4-3-5-18(12-17)31-22(28)13-20(30-31)16-10-8-15(9-11-16)14-29-34(32,33)21-7-2-1-6-19(21)27/h1-7,12-13,15-16,29H,8-11,14,27-28H2. The number of alkyl halides is 3. The molecule has 1 fully saturated rings. The van der Waals surface area contributed by atoms with Crippen LogP contribution in [0.1, 0.15) is 42.9 Å². The Balaban J connectivity index is 1.38. The number of anilines is 2. The third-order valence-corrected chi connectivity index (χ3v) is 7.71. The highest BCUT2D eigenvalue weighted by atomic mass is 32.2. The third-order valence-electron chi connectivity index (χ3n) is 6.21. The maximum Gasteiger partial charge on any atom is 0.416 e. The number of aromatic nitrogens is 2. The second-order valence-corrected chi connectivity index (χ2v) is 10.3. The first-order valence-corrected chi connectivity index (χ1v) is 12.4. The lowest BCUT2D eigenvalue weighted by Crippen LogP contribution is -2.31. The van der Waals surface area contributed by atoms with E-state index >= 15 is 0 Å². The summed E-state index contributed by atoms with van der Waals surface area (Å²) in [7, 11) is -3.69. The summed E-state index contributed by atoms with van der Waals surface area (Å²) in [4.78, 5) is 0.0688. The first kappa shape index (κ1) is 24.1. The van der Waals surface area contributed by atoms with Gasteiger partial charge in [0.15, 0.2) is 0 Å². The summed E-state index contributed by atoms with van der Waals surface area (Å²) in [5.41, 5.74) is 12.3. The molecule has 1 aromatic heterocycles. The Morgan fingerprint density at radius 1 is 1.00 bits per heavy atom. The van der Waals surface area contributed by atoms with Crippen molar-refractivity contribution in [1.82, 2.24) is 14.5 Å². The van der Waals surface area contributed by atoms with Gasteiger partial charge in [0.2, 0.25) is 10.0 Å². The molecule has 0 atom stereocenters. The van der Waals surface area contributed by atoms with Crippen LogP contribution in [-0.4, -0.2) is 24.7 Å². The van der Waals surface area contributed by atoms with Gasteiger partial charge in [-0.3, -0.25) is 0 Å². The van der Waals surface area contributed by atoms with Crippen molar-refractivity contribution in [3.05, 3.63) is 65.9 Å². The van der Waals surface area contributed by atoms with E-state index in [9.17, 15) is 21.6 Å². The highest BCUT2D eigenvalue weighted by Crippen LogP contribution is 2.37. The van der Waals surface area contributed by atoms with Crippen molar-refractivity contribution < 1.29 is 21.6 Å². The molecule has 0 radical (unpaired) electrons. The Morgan fingerprint density at radius 3 is 2.38 bits per heavy atom. The summed E-state index contributed by atoms with van der Waals surface area (Å²) in [6, 6.07) is 12.9. The molecule has 3 aromatic rings. The number of nitrogens with zero attached hydrogens (tertiary/aromatic N) is 2. The molecule has 0 unspecified atom stereocenters. The molecule has 5 N–H and O–H groups in total. The van der Waals surface area contributed by atoms with Gasteiger partial charge in [-0.05, 0) is 61.9 Å². The fourth-order valence-electron chi connectivity index (χ4n) is 4.33. The summed E-state index contributed by atoms with van der Waals surface area (Å²) >= 11 is 0. The van der Waals surface area contributed by atoms with Crippen molar-refractivity contribution in [3.8, 4) is 5.69 Å². The average Bonchev–Trinajstić information content (AvgIpc) is 3.19. The van der Waals surface area contributed by atoms with Gasteiger partial charge in [-0.25, -0.2) is 17.8 Å². The number of benzene rings is 2. The number of hydrogen-bond acceptors (Lipinski definition) is 5. The van der Waals surface area contributed by atoms with Crippen LogP contribution in [0.5, 0.6) is 0 Å². The van der Waals surface area contributed by atoms with Crippen molar-refractivity contribution in [2.45, 2.75) is 42.7 Å². The van der Waals surface area contributed by atoms with Crippen molar-refractivity contribution in [3.63, 3.8) is 0 Å². The van der Waals surface area contributed by atoms with Crippen molar-refractivity contribution in [2.75, 3.05) is 18.0 Å². The number of para-hydroxylation sites is 1. The SMILES string of the molecule is Nc1ccccc1S(=O)(=O)NCC1CCC(c2cc(N)n(-c3cccc(C(F)(F)F)c3)n2)CC1. The van der Waals surface area contributed by atoms with E-state index in [1.165, 1.54) is 22.9 Å². The number of hydrogen-bond donors (Lipinski definition) is 3. The minimum atomic E-state index is -4.45. The van der Waals surface area contributed by atoms with Crippen LogP contribution in [0.4, 0.5) is 24.7 Å². The fourth-order valence-corrected chi connectivity index (χ4v) is 5.57. The average molecular weight is 494 g/mol. The molecule has 2 aromatic carbocycles. The van der Waals surface area contributed by atoms with E-state index in [1.807, 2.05) is 0 Å². The molecule has 0 spiro atoms. The molecular weight excluding hydrogens is 467 g/mol. The van der Waals surface area contributed by atoms with Crippen LogP contribution in [0.25, 0.3) is 5.69 Å². The first-order valence-electron chi connectivity index (χ1n) is 10.9. The van der Waals surface area contributed by atoms with E-state index in [-0.39, 0.29) is 33.9 Å². The quantitative estimate of drug-likeness (QED) is 0.443. The molecular formula is C23H26F3N5O2S. The molecule has 0 saturated heterocycles. The van der Waals surface area contributed by atoms with Gasteiger partial charge >= 0.3 is 6.18 Å². The molecule has 182 valence electrons. The van der Waals surface area contributed by atoms with Gasteiger partial charge in [-0.2, -0.15) is 18.3 Å². The highest BCUT2D eigenvalue weighted by molar-refractivity contribution is 7.89. The normalized spacial score (nSPS) is 19.3. The van der Waals surface area contributed by atoms with Crippen LogP contribution >= 0.6 is 0 Å². The van der Waals surface area contributed by atoms with Crippen LogP contribution in [0.15, 0.2) is 59.5 Å². The first-order chi connectivity index (χ1) is 16.0. The van der Waals surface area contributed by atoms with E-state index in [4.69, 9.17) is 11.5 Å². The smallest absolute Gasteiger partial charge is 0.398 e. The fraction of sp³-hybridized carbons (Fsp3) is 0.348. The largest absolute Gasteiger partial charge is 0.416 e. The van der Waals surface area contributed by atoms with Crippen molar-refractivity contribution >= 4 is 21.5 Å². The maximum absolute atomic E-state index is 13.1. The summed E-state index contributed by atoms with van der Waals surface area (Å²) < 4.78 is 68.3. The van der Waals surface area contributed by atoms with E-state index < -0.39 is 21.8 Å². The Kier molecular flexibility index (Phi) is 6.59. The number of nitrogens with one attached hydrogen (secondary N) is 1. The Labute approximate surface area is 196 Å². The molecule has 1 aliphatic carbocycles. The molecule has 0 aliphatic heterocycles. The van der Waals surface area contributed by atoms with E-state index in [0.29, 0.717) is 6.54 Å². The summed E-state index contributed by atoms with van der Waals surface area (Å²) in [5.74, 6) is 0.537. The number of sulfonamides is 1. The van der Waals surface area contributed by atoms with E-state index in [2.05, 4.69) is 9.82 Å². The van der Waals surface area contributed by atoms with Crippen molar-refractivity contribution in [2.24, 2.45) is 5.92 Å². The lowest BCUT2D eigenvalue weighted by atomic mass is 9.80. The summed E-state index contributed by atoms with van der Waals surface area (Å²) in [6.07, 6.45) is -1.33. The number of halogens is 3. The van der Waals surface area contributed by atoms with Gasteiger partial charge in [0.1, 0.15) is 10.7 Å². The van der Waals surface area contributed by atoms with Gasteiger partial charge in [0.25, 0.3) is 0 Å². The zero-order valence-electron chi connectivity index (χ0n) is 18.3. The number of nitrogen functional groups attached to an aromatic ring is 2. The van der Waals surface area contributed by atoms with Crippen LogP contribution < -0.4 is 16.2 Å². The number of nitrogens with two attached hydrogens (primary N) is 2. The maximum atomic E-state index is 13.1. The monoisotopic (exact) mass is 493 g/mol. The zero-order chi connectivity index (χ0) is 24.5. The number of rotatable bonds is 6. The van der Waals surface area contributed by atoms with Gasteiger partial charge in [0.05, 0.1) is 22.6 Å².